The molecule has 3 aromatic rings. The predicted octanol–water partition coefficient (Wildman–Crippen LogP) is 2.89. The van der Waals surface area contributed by atoms with Crippen LogP contribution in [0.3, 0.4) is 0 Å². The Hall–Kier alpha value is -2.99. The molecular weight excluding hydrogens is 314 g/mol. The Morgan fingerprint density at radius 3 is 2.91 bits per heavy atom. The van der Waals surface area contributed by atoms with Gasteiger partial charge in [-0.2, -0.15) is 10.2 Å². The normalized spacial score (nSPS) is 10.8. The summed E-state index contributed by atoms with van der Waals surface area (Å²) in [6.45, 7) is 0. The Morgan fingerprint density at radius 1 is 1.26 bits per heavy atom. The van der Waals surface area contributed by atoms with Crippen molar-refractivity contribution in [2.24, 2.45) is 5.10 Å². The average Bonchev–Trinajstić information content (AvgIpc) is 3.06. The van der Waals surface area contributed by atoms with Crippen LogP contribution < -0.4 is 5.43 Å². The van der Waals surface area contributed by atoms with Gasteiger partial charge in [-0.3, -0.25) is 14.9 Å². The van der Waals surface area contributed by atoms with Crippen LogP contribution in [0.4, 0.5) is 0 Å². The number of rotatable bonds is 4. The van der Waals surface area contributed by atoms with Crippen LogP contribution in [-0.4, -0.2) is 27.3 Å². The monoisotopic (exact) mass is 325 g/mol. The van der Waals surface area contributed by atoms with Gasteiger partial charge in [0, 0.05) is 23.5 Å². The molecule has 23 heavy (non-hydrogen) atoms. The first-order chi connectivity index (χ1) is 11.2. The quantitative estimate of drug-likeness (QED) is 0.571. The highest BCUT2D eigenvalue weighted by molar-refractivity contribution is 6.33. The molecule has 7 heteroatoms. The third-order valence-electron chi connectivity index (χ3n) is 3.04. The smallest absolute Gasteiger partial charge is 0.272 e. The summed E-state index contributed by atoms with van der Waals surface area (Å²) in [6, 6.07) is 12.5. The van der Waals surface area contributed by atoms with Crippen molar-refractivity contribution in [2.75, 3.05) is 0 Å². The van der Waals surface area contributed by atoms with Gasteiger partial charge in [-0.1, -0.05) is 35.9 Å². The highest BCUT2D eigenvalue weighted by Gasteiger charge is 2.11. The summed E-state index contributed by atoms with van der Waals surface area (Å²) >= 11 is 6.12. The van der Waals surface area contributed by atoms with Crippen molar-refractivity contribution in [3.8, 4) is 11.3 Å². The van der Waals surface area contributed by atoms with E-state index in [0.717, 1.165) is 11.1 Å². The molecule has 0 unspecified atom stereocenters. The number of aromatic nitrogens is 3. The van der Waals surface area contributed by atoms with Crippen molar-refractivity contribution in [1.29, 1.82) is 0 Å². The summed E-state index contributed by atoms with van der Waals surface area (Å²) in [5.74, 6) is -0.393. The lowest BCUT2D eigenvalue weighted by Gasteiger charge is -1.98. The Morgan fingerprint density at radius 2 is 2.13 bits per heavy atom. The maximum Gasteiger partial charge on any atom is 0.289 e. The standard InChI is InChI=1S/C16H12ClN5O/c17-13-6-2-1-5-12(13)14-8-15(21-20-14)16(23)22-19-10-11-4-3-7-18-9-11/h1-10H,(H,20,21)(H,22,23)/b19-10+. The lowest BCUT2D eigenvalue weighted by atomic mass is 10.1. The summed E-state index contributed by atoms with van der Waals surface area (Å²) in [6.07, 6.45) is 4.81. The highest BCUT2D eigenvalue weighted by Crippen LogP contribution is 2.26. The molecule has 0 aliphatic carbocycles. The molecule has 2 heterocycles. The molecule has 3 rings (SSSR count). The minimum absolute atomic E-state index is 0.295. The third-order valence-corrected chi connectivity index (χ3v) is 3.37. The van der Waals surface area contributed by atoms with Crippen molar-refractivity contribution < 1.29 is 4.79 Å². The fourth-order valence-electron chi connectivity index (χ4n) is 1.92. The number of carbonyl (C=O) groups is 1. The molecule has 0 spiro atoms. The van der Waals surface area contributed by atoms with Crippen LogP contribution in [0.1, 0.15) is 16.1 Å². The van der Waals surface area contributed by atoms with Crippen LogP contribution in [0.15, 0.2) is 60.0 Å². The van der Waals surface area contributed by atoms with Crippen LogP contribution in [0.25, 0.3) is 11.3 Å². The van der Waals surface area contributed by atoms with Gasteiger partial charge in [0.15, 0.2) is 0 Å². The first kappa shape index (κ1) is 14.9. The molecule has 0 atom stereocenters. The zero-order valence-corrected chi connectivity index (χ0v) is 12.7. The van der Waals surface area contributed by atoms with Gasteiger partial charge in [0.25, 0.3) is 5.91 Å². The number of hydrazone groups is 1. The molecule has 6 nitrogen and oxygen atoms in total. The van der Waals surface area contributed by atoms with E-state index in [1.54, 1.807) is 30.6 Å². The first-order valence-corrected chi connectivity index (χ1v) is 7.15. The maximum atomic E-state index is 12.0. The molecule has 1 aromatic carbocycles. The van der Waals surface area contributed by atoms with E-state index in [9.17, 15) is 4.79 Å². The summed E-state index contributed by atoms with van der Waals surface area (Å²) in [7, 11) is 0. The first-order valence-electron chi connectivity index (χ1n) is 6.78. The van der Waals surface area contributed by atoms with E-state index in [2.05, 4.69) is 25.7 Å². The van der Waals surface area contributed by atoms with E-state index < -0.39 is 5.91 Å². The van der Waals surface area contributed by atoms with Gasteiger partial charge >= 0.3 is 0 Å². The fraction of sp³-hybridized carbons (Fsp3) is 0. The van der Waals surface area contributed by atoms with Crippen molar-refractivity contribution in [2.45, 2.75) is 0 Å². The summed E-state index contributed by atoms with van der Waals surface area (Å²) in [4.78, 5) is 16.0. The van der Waals surface area contributed by atoms with Crippen LogP contribution >= 0.6 is 11.6 Å². The number of pyridine rings is 1. The van der Waals surface area contributed by atoms with Gasteiger partial charge in [0.05, 0.1) is 16.9 Å². The van der Waals surface area contributed by atoms with Gasteiger partial charge in [0.1, 0.15) is 5.69 Å². The van der Waals surface area contributed by atoms with Crippen LogP contribution in [0, 0.1) is 0 Å². The minimum atomic E-state index is -0.393. The second-order valence-electron chi connectivity index (χ2n) is 4.63. The molecular formula is C16H12ClN5O. The second-order valence-corrected chi connectivity index (χ2v) is 5.04. The average molecular weight is 326 g/mol. The number of nitrogens with one attached hydrogen (secondary N) is 2. The largest absolute Gasteiger partial charge is 0.289 e. The van der Waals surface area contributed by atoms with Crippen molar-refractivity contribution in [3.63, 3.8) is 0 Å². The summed E-state index contributed by atoms with van der Waals surface area (Å²) in [5.41, 5.74) is 4.85. The highest BCUT2D eigenvalue weighted by atomic mass is 35.5. The lowest BCUT2D eigenvalue weighted by molar-refractivity contribution is 0.0950. The Labute approximate surface area is 137 Å². The molecule has 0 aliphatic heterocycles. The Balaban J connectivity index is 1.70. The molecule has 2 aromatic heterocycles. The van der Waals surface area contributed by atoms with Gasteiger partial charge in [-0.05, 0) is 18.2 Å². The van der Waals surface area contributed by atoms with E-state index >= 15 is 0 Å². The van der Waals surface area contributed by atoms with Gasteiger partial charge in [-0.15, -0.1) is 0 Å². The molecule has 0 saturated heterocycles. The molecule has 0 saturated carbocycles. The van der Waals surface area contributed by atoms with E-state index in [1.807, 2.05) is 24.3 Å². The number of halogens is 1. The number of nitrogens with zero attached hydrogens (tertiary/aromatic N) is 3. The number of H-pyrrole nitrogens is 1. The van der Waals surface area contributed by atoms with E-state index in [4.69, 9.17) is 11.6 Å². The molecule has 2 N–H and O–H groups in total. The van der Waals surface area contributed by atoms with E-state index in [1.165, 1.54) is 6.21 Å². The van der Waals surface area contributed by atoms with Gasteiger partial charge in [-0.25, -0.2) is 5.43 Å². The maximum absolute atomic E-state index is 12.0. The summed E-state index contributed by atoms with van der Waals surface area (Å²) < 4.78 is 0. The van der Waals surface area contributed by atoms with Crippen molar-refractivity contribution in [1.82, 2.24) is 20.6 Å². The SMILES string of the molecule is O=C(N/N=C/c1cccnc1)c1cc(-c2ccccc2Cl)n[nH]1. The molecule has 1 amide bonds. The minimum Gasteiger partial charge on any atom is -0.272 e. The number of hydrogen-bond donors (Lipinski definition) is 2. The van der Waals surface area contributed by atoms with Crippen molar-refractivity contribution >= 4 is 23.7 Å². The van der Waals surface area contributed by atoms with Gasteiger partial charge in [0.2, 0.25) is 0 Å². The van der Waals surface area contributed by atoms with E-state index in [-0.39, 0.29) is 0 Å². The van der Waals surface area contributed by atoms with Crippen LogP contribution in [0.2, 0.25) is 5.02 Å². The number of amides is 1. The molecule has 0 radical (unpaired) electrons. The lowest BCUT2D eigenvalue weighted by Crippen LogP contribution is -2.18. The third kappa shape index (κ3) is 3.61. The molecule has 114 valence electrons. The zero-order chi connectivity index (χ0) is 16.1. The van der Waals surface area contributed by atoms with Crippen LogP contribution in [0.5, 0.6) is 0 Å². The number of carbonyl (C=O) groups excluding carboxylic acids is 1. The van der Waals surface area contributed by atoms with Crippen LogP contribution in [-0.2, 0) is 0 Å². The number of aromatic amines is 1. The van der Waals surface area contributed by atoms with Crippen molar-refractivity contribution in [3.05, 3.63) is 71.1 Å². The topological polar surface area (TPSA) is 83.0 Å². The zero-order valence-electron chi connectivity index (χ0n) is 11.9. The molecule has 0 bridgehead atoms. The van der Waals surface area contributed by atoms with E-state index in [0.29, 0.717) is 16.4 Å². The predicted molar refractivity (Wildman–Crippen MR) is 88.3 cm³/mol. The Kier molecular flexibility index (Phi) is 4.44. The number of hydrogen-bond acceptors (Lipinski definition) is 4. The molecule has 0 fully saturated rings. The summed E-state index contributed by atoms with van der Waals surface area (Å²) in [5, 5.41) is 11.2. The number of benzene rings is 1. The second kappa shape index (κ2) is 6.85. The molecule has 0 aliphatic rings. The fourth-order valence-corrected chi connectivity index (χ4v) is 2.16. The van der Waals surface area contributed by atoms with Gasteiger partial charge < -0.3 is 0 Å². The Bertz CT molecular complexity index is 844.